The molecule has 2 aliphatic rings. The van der Waals surface area contributed by atoms with Gasteiger partial charge in [-0.1, -0.05) is 53.7 Å². The molecule has 2 aromatic carbocycles. The summed E-state index contributed by atoms with van der Waals surface area (Å²) in [6.07, 6.45) is 1.89. The molecule has 1 fully saturated rings. The second-order valence-electron chi connectivity index (χ2n) is 7.57. The first-order valence-corrected chi connectivity index (χ1v) is 10.9. The largest absolute Gasteiger partial charge is 0.337 e. The van der Waals surface area contributed by atoms with Gasteiger partial charge in [0, 0.05) is 5.56 Å². The Kier molecular flexibility index (Phi) is 4.86. The highest BCUT2D eigenvalue weighted by atomic mass is 32.2. The van der Waals surface area contributed by atoms with Crippen molar-refractivity contribution in [2.24, 2.45) is 0 Å². The number of imide groups is 1. The van der Waals surface area contributed by atoms with E-state index in [1.807, 2.05) is 67.8 Å². The van der Waals surface area contributed by atoms with Crippen molar-refractivity contribution >= 4 is 29.4 Å². The molecule has 7 nitrogen and oxygen atoms in total. The fourth-order valence-electron chi connectivity index (χ4n) is 3.95. The van der Waals surface area contributed by atoms with Gasteiger partial charge in [-0.05, 0) is 36.4 Å². The van der Waals surface area contributed by atoms with Crippen molar-refractivity contribution in [2.75, 3.05) is 4.90 Å². The molecule has 3 amide bonds. The first-order chi connectivity index (χ1) is 15.0. The second-order valence-corrected chi connectivity index (χ2v) is 8.63. The number of hydrogen-bond donors (Lipinski definition) is 0. The molecule has 31 heavy (non-hydrogen) atoms. The van der Waals surface area contributed by atoms with E-state index in [1.165, 1.54) is 16.7 Å². The summed E-state index contributed by atoms with van der Waals surface area (Å²) in [6.45, 7) is 3.99. The summed E-state index contributed by atoms with van der Waals surface area (Å²) < 4.78 is 5.48. The molecule has 2 atom stereocenters. The summed E-state index contributed by atoms with van der Waals surface area (Å²) in [6, 6.07) is 14.4. The van der Waals surface area contributed by atoms with Gasteiger partial charge in [-0.25, -0.2) is 9.69 Å². The zero-order valence-corrected chi connectivity index (χ0v) is 17.9. The summed E-state index contributed by atoms with van der Waals surface area (Å²) in [7, 11) is 0. The second kappa shape index (κ2) is 7.70. The molecule has 3 heterocycles. The molecule has 0 bridgehead atoms. The predicted molar refractivity (Wildman–Crippen MR) is 118 cm³/mol. The van der Waals surface area contributed by atoms with E-state index in [2.05, 4.69) is 10.1 Å². The fraction of sp³-hybridized carbons (Fsp3) is 0.217. The lowest BCUT2D eigenvalue weighted by molar-refractivity contribution is -0.119. The standard InChI is InChI=1S/C23H20N4O3S/c1-14-7-3-5-9-16(14)21-24-19(30-25-21)13-26-18-11-12-31-20(18)22(28)27(23(26)29)17-10-6-4-8-15(17)2/h3-12,18,20H,13H2,1-2H3. The SMILES string of the molecule is Cc1ccccc1-c1noc(CN2C(=O)N(c3ccccc3C)C(=O)C3SC=CC32)n1. The molecule has 5 rings (SSSR count). The molecular formula is C23H20N4O3S. The summed E-state index contributed by atoms with van der Waals surface area (Å²) in [5, 5.41) is 5.59. The van der Waals surface area contributed by atoms with Crippen LogP contribution in [0.15, 0.2) is 64.5 Å². The van der Waals surface area contributed by atoms with E-state index in [4.69, 9.17) is 4.52 Å². The molecule has 8 heteroatoms. The van der Waals surface area contributed by atoms with E-state index in [0.29, 0.717) is 17.4 Å². The monoisotopic (exact) mass is 432 g/mol. The molecule has 0 saturated carbocycles. The summed E-state index contributed by atoms with van der Waals surface area (Å²) in [5.74, 6) is 0.605. The molecule has 2 aliphatic heterocycles. The van der Waals surface area contributed by atoms with Crippen LogP contribution in [-0.4, -0.2) is 38.3 Å². The van der Waals surface area contributed by atoms with Crippen LogP contribution in [0.5, 0.6) is 0 Å². The van der Waals surface area contributed by atoms with Crippen molar-refractivity contribution in [3.8, 4) is 11.4 Å². The van der Waals surface area contributed by atoms with Crippen molar-refractivity contribution in [1.82, 2.24) is 15.0 Å². The van der Waals surface area contributed by atoms with Gasteiger partial charge >= 0.3 is 6.03 Å². The number of benzene rings is 2. The molecular weight excluding hydrogens is 412 g/mol. The van der Waals surface area contributed by atoms with Crippen LogP contribution in [0.25, 0.3) is 11.4 Å². The molecule has 156 valence electrons. The first-order valence-electron chi connectivity index (χ1n) is 9.95. The van der Waals surface area contributed by atoms with Gasteiger partial charge in [0.05, 0.1) is 11.7 Å². The Morgan fingerprint density at radius 1 is 1.03 bits per heavy atom. The number of carbonyl (C=O) groups excluding carboxylic acids is 2. The number of fused-ring (bicyclic) bond motifs is 1. The van der Waals surface area contributed by atoms with Gasteiger partial charge in [-0.2, -0.15) is 4.98 Å². The number of aryl methyl sites for hydroxylation is 2. The third-order valence-corrected chi connectivity index (χ3v) is 6.68. The van der Waals surface area contributed by atoms with Crippen LogP contribution in [0.2, 0.25) is 0 Å². The van der Waals surface area contributed by atoms with Gasteiger partial charge in [-0.15, -0.1) is 11.8 Å². The van der Waals surface area contributed by atoms with Gasteiger partial charge < -0.3 is 9.42 Å². The van der Waals surface area contributed by atoms with Gasteiger partial charge in [0.15, 0.2) is 0 Å². The number of rotatable bonds is 4. The van der Waals surface area contributed by atoms with E-state index in [9.17, 15) is 9.59 Å². The van der Waals surface area contributed by atoms with Crippen molar-refractivity contribution in [3.63, 3.8) is 0 Å². The number of hydrogen-bond acceptors (Lipinski definition) is 6. The number of aromatic nitrogens is 2. The van der Waals surface area contributed by atoms with Crippen LogP contribution >= 0.6 is 11.8 Å². The highest BCUT2D eigenvalue weighted by Gasteiger charge is 2.48. The van der Waals surface area contributed by atoms with E-state index >= 15 is 0 Å². The first kappa shape index (κ1) is 19.6. The molecule has 1 saturated heterocycles. The minimum atomic E-state index is -0.393. The zero-order chi connectivity index (χ0) is 21.5. The van der Waals surface area contributed by atoms with Gasteiger partial charge in [-0.3, -0.25) is 4.79 Å². The minimum Gasteiger partial charge on any atom is -0.337 e. The highest BCUT2D eigenvalue weighted by molar-refractivity contribution is 8.03. The van der Waals surface area contributed by atoms with Crippen molar-refractivity contribution in [2.45, 2.75) is 31.7 Å². The summed E-state index contributed by atoms with van der Waals surface area (Å²) in [5.41, 5.74) is 3.38. The summed E-state index contributed by atoms with van der Waals surface area (Å²) in [4.78, 5) is 34.0. The Bertz CT molecular complexity index is 1200. The quantitative estimate of drug-likeness (QED) is 0.611. The van der Waals surface area contributed by atoms with Gasteiger partial charge in [0.25, 0.3) is 5.91 Å². The van der Waals surface area contributed by atoms with Crippen LogP contribution in [0, 0.1) is 13.8 Å². The van der Waals surface area contributed by atoms with Crippen LogP contribution in [0.4, 0.5) is 10.5 Å². The molecule has 2 unspecified atom stereocenters. The number of nitrogens with zero attached hydrogens (tertiary/aromatic N) is 4. The number of anilines is 1. The average Bonchev–Trinajstić information content (AvgIpc) is 3.43. The molecule has 0 N–H and O–H groups in total. The Balaban J connectivity index is 1.48. The zero-order valence-electron chi connectivity index (χ0n) is 17.1. The van der Waals surface area contributed by atoms with E-state index < -0.39 is 5.25 Å². The topological polar surface area (TPSA) is 79.5 Å². The van der Waals surface area contributed by atoms with Crippen LogP contribution in [0.1, 0.15) is 17.0 Å². The van der Waals surface area contributed by atoms with Gasteiger partial charge in [0.1, 0.15) is 11.8 Å². The smallest absolute Gasteiger partial charge is 0.332 e. The minimum absolute atomic E-state index is 0.124. The Labute approximate surface area is 183 Å². The molecule has 1 aromatic heterocycles. The lowest BCUT2D eigenvalue weighted by Gasteiger charge is -2.40. The highest BCUT2D eigenvalue weighted by Crippen LogP contribution is 2.37. The Hall–Kier alpha value is -3.39. The number of urea groups is 1. The summed E-state index contributed by atoms with van der Waals surface area (Å²) >= 11 is 1.43. The Morgan fingerprint density at radius 2 is 1.77 bits per heavy atom. The molecule has 0 radical (unpaired) electrons. The lowest BCUT2D eigenvalue weighted by atomic mass is 10.1. The maximum atomic E-state index is 13.5. The van der Waals surface area contributed by atoms with Crippen molar-refractivity contribution < 1.29 is 14.1 Å². The lowest BCUT2D eigenvalue weighted by Crippen LogP contribution is -2.61. The molecule has 3 aromatic rings. The van der Waals surface area contributed by atoms with Crippen LogP contribution < -0.4 is 4.90 Å². The van der Waals surface area contributed by atoms with E-state index in [-0.39, 0.29) is 24.5 Å². The molecule has 0 spiro atoms. The third kappa shape index (κ3) is 3.33. The maximum Gasteiger partial charge on any atom is 0.332 e. The van der Waals surface area contributed by atoms with Crippen molar-refractivity contribution in [3.05, 3.63) is 77.0 Å². The number of amides is 3. The number of thioether (sulfide) groups is 1. The van der Waals surface area contributed by atoms with Crippen LogP contribution in [0.3, 0.4) is 0 Å². The van der Waals surface area contributed by atoms with Gasteiger partial charge in [0.2, 0.25) is 11.7 Å². The number of para-hydroxylation sites is 1. The predicted octanol–water partition coefficient (Wildman–Crippen LogP) is 4.32. The maximum absolute atomic E-state index is 13.5. The normalized spacial score (nSPS) is 20.5. The third-order valence-electron chi connectivity index (χ3n) is 5.59. The van der Waals surface area contributed by atoms with Crippen LogP contribution in [-0.2, 0) is 11.3 Å². The van der Waals surface area contributed by atoms with Crippen molar-refractivity contribution in [1.29, 1.82) is 0 Å². The molecule has 0 aliphatic carbocycles. The fourth-order valence-corrected chi connectivity index (χ4v) is 4.99. The van der Waals surface area contributed by atoms with E-state index in [1.54, 1.807) is 11.0 Å². The Morgan fingerprint density at radius 3 is 2.55 bits per heavy atom. The average molecular weight is 433 g/mol. The number of carbonyl (C=O) groups is 2. The van der Waals surface area contributed by atoms with E-state index in [0.717, 1.165) is 16.7 Å².